The van der Waals surface area contributed by atoms with Crippen LogP contribution >= 0.6 is 25.3 Å². The molecule has 0 aliphatic carbocycles. The number of thiol groups is 2. The van der Waals surface area contributed by atoms with Crippen LogP contribution in [0.25, 0.3) is 0 Å². The first-order valence-corrected chi connectivity index (χ1v) is 6.94. The van der Waals surface area contributed by atoms with Gasteiger partial charge in [0.1, 0.15) is 0 Å². The highest BCUT2D eigenvalue weighted by Gasteiger charge is 2.27. The van der Waals surface area contributed by atoms with Gasteiger partial charge in [-0.05, 0) is 12.8 Å². The van der Waals surface area contributed by atoms with Gasteiger partial charge >= 0.3 is 6.03 Å². The lowest BCUT2D eigenvalue weighted by atomic mass is 10.3. The summed E-state index contributed by atoms with van der Waals surface area (Å²) in [4.78, 5) is 15.8. The van der Waals surface area contributed by atoms with Crippen LogP contribution in [-0.4, -0.2) is 52.5 Å². The molecule has 16 heavy (non-hydrogen) atoms. The molecular formula is C11H22N2OS2. The number of amides is 2. The number of carbonyl (C=O) groups is 1. The van der Waals surface area contributed by atoms with Gasteiger partial charge in [-0.2, -0.15) is 25.3 Å². The third-order valence-corrected chi connectivity index (χ3v) is 3.33. The summed E-state index contributed by atoms with van der Waals surface area (Å²) in [7, 11) is 0. The molecule has 1 aliphatic rings. The molecule has 94 valence electrons. The van der Waals surface area contributed by atoms with E-state index in [9.17, 15) is 4.79 Å². The van der Waals surface area contributed by atoms with Crippen LogP contribution in [0.15, 0.2) is 0 Å². The molecule has 0 aromatic heterocycles. The summed E-state index contributed by atoms with van der Waals surface area (Å²) < 4.78 is 0. The van der Waals surface area contributed by atoms with Crippen molar-refractivity contribution in [3.63, 3.8) is 0 Å². The van der Waals surface area contributed by atoms with Crippen molar-refractivity contribution in [1.82, 2.24) is 9.80 Å². The van der Waals surface area contributed by atoms with Crippen LogP contribution in [0.4, 0.5) is 4.79 Å². The van der Waals surface area contributed by atoms with Crippen molar-refractivity contribution in [3.05, 3.63) is 0 Å². The Labute approximate surface area is 109 Å². The summed E-state index contributed by atoms with van der Waals surface area (Å²) in [6.45, 7) is 7.50. The molecule has 0 radical (unpaired) electrons. The Kier molecular flexibility index (Phi) is 5.83. The second-order valence-electron chi connectivity index (χ2n) is 4.53. The molecule has 1 aliphatic heterocycles. The Bertz CT molecular complexity index is 212. The fraction of sp³-hybridized carbons (Fsp3) is 0.909. The van der Waals surface area contributed by atoms with Gasteiger partial charge in [0.2, 0.25) is 0 Å². The minimum absolute atomic E-state index is 0.183. The monoisotopic (exact) mass is 262 g/mol. The Balaban J connectivity index is 2.30. The van der Waals surface area contributed by atoms with Gasteiger partial charge in [0.25, 0.3) is 0 Å². The second-order valence-corrected chi connectivity index (χ2v) is 6.30. The van der Waals surface area contributed by atoms with Crippen LogP contribution in [0.3, 0.4) is 0 Å². The highest BCUT2D eigenvalue weighted by Crippen LogP contribution is 2.13. The van der Waals surface area contributed by atoms with E-state index in [2.05, 4.69) is 39.1 Å². The summed E-state index contributed by atoms with van der Waals surface area (Å²) in [6, 6.07) is 0.183. The zero-order valence-corrected chi connectivity index (χ0v) is 11.9. The Hall–Kier alpha value is -0.0300. The van der Waals surface area contributed by atoms with E-state index in [1.54, 1.807) is 0 Å². The Morgan fingerprint density at radius 3 is 1.75 bits per heavy atom. The molecule has 5 heteroatoms. The molecule has 2 unspecified atom stereocenters. The van der Waals surface area contributed by atoms with Gasteiger partial charge in [-0.25, -0.2) is 4.79 Å². The summed E-state index contributed by atoms with van der Waals surface area (Å²) in [6.07, 6.45) is 1.93. The van der Waals surface area contributed by atoms with E-state index in [0.29, 0.717) is 10.5 Å². The number of rotatable bonds is 6. The van der Waals surface area contributed by atoms with E-state index >= 15 is 0 Å². The minimum atomic E-state index is 0.183. The summed E-state index contributed by atoms with van der Waals surface area (Å²) in [5.74, 6) is 0. The summed E-state index contributed by atoms with van der Waals surface area (Å²) >= 11 is 8.66. The molecule has 0 saturated carbocycles. The lowest BCUT2D eigenvalue weighted by Gasteiger charge is -2.19. The Morgan fingerprint density at radius 2 is 1.44 bits per heavy atom. The minimum Gasteiger partial charge on any atom is -0.323 e. The van der Waals surface area contributed by atoms with Crippen LogP contribution in [0.1, 0.15) is 26.7 Å². The molecular weight excluding hydrogens is 240 g/mol. The van der Waals surface area contributed by atoms with Crippen molar-refractivity contribution in [2.24, 2.45) is 0 Å². The molecule has 0 N–H and O–H groups in total. The molecule has 1 fully saturated rings. The molecule has 1 heterocycles. The van der Waals surface area contributed by atoms with E-state index in [0.717, 1.165) is 39.0 Å². The van der Waals surface area contributed by atoms with Crippen molar-refractivity contribution < 1.29 is 4.79 Å². The van der Waals surface area contributed by atoms with E-state index in [1.165, 1.54) is 0 Å². The topological polar surface area (TPSA) is 23.6 Å². The smallest absolute Gasteiger partial charge is 0.320 e. The maximum Gasteiger partial charge on any atom is 0.320 e. The van der Waals surface area contributed by atoms with E-state index in [-0.39, 0.29) is 6.03 Å². The quantitative estimate of drug-likeness (QED) is 0.704. The van der Waals surface area contributed by atoms with E-state index in [4.69, 9.17) is 0 Å². The molecule has 3 nitrogen and oxygen atoms in total. The number of hydrogen-bond donors (Lipinski definition) is 2. The summed E-state index contributed by atoms with van der Waals surface area (Å²) in [5.41, 5.74) is 0. The van der Waals surface area contributed by atoms with Crippen molar-refractivity contribution >= 4 is 31.3 Å². The predicted octanol–water partition coefficient (Wildman–Crippen LogP) is 2.14. The zero-order chi connectivity index (χ0) is 12.1. The first-order valence-electron chi connectivity index (χ1n) is 5.90. The highest BCUT2D eigenvalue weighted by atomic mass is 32.1. The lowest BCUT2D eigenvalue weighted by molar-refractivity contribution is 0.191. The van der Waals surface area contributed by atoms with Crippen LogP contribution in [0, 0.1) is 0 Å². The van der Waals surface area contributed by atoms with Gasteiger partial charge in [0.05, 0.1) is 0 Å². The number of nitrogens with zero attached hydrogens (tertiary/aromatic N) is 2. The van der Waals surface area contributed by atoms with Crippen molar-refractivity contribution in [3.8, 4) is 0 Å². The van der Waals surface area contributed by atoms with Crippen LogP contribution in [-0.2, 0) is 0 Å². The SMILES string of the molecule is CC(S)CCN1CCN(CCC(C)S)C1=O. The molecule has 1 saturated heterocycles. The van der Waals surface area contributed by atoms with Crippen LogP contribution < -0.4 is 0 Å². The first kappa shape index (κ1) is 14.0. The third-order valence-electron chi connectivity index (χ3n) is 2.81. The van der Waals surface area contributed by atoms with Crippen molar-refractivity contribution in [2.75, 3.05) is 26.2 Å². The lowest BCUT2D eigenvalue weighted by Crippen LogP contribution is -2.34. The normalized spacial score (nSPS) is 20.4. The molecule has 0 aromatic rings. The average Bonchev–Trinajstić information content (AvgIpc) is 2.53. The standard InChI is InChI=1S/C11H22N2OS2/c1-9(15)3-5-12-7-8-13(11(12)14)6-4-10(2)16/h9-10,15-16H,3-8H2,1-2H3. The molecule has 2 atom stereocenters. The van der Waals surface area contributed by atoms with Gasteiger partial charge in [-0.1, -0.05) is 13.8 Å². The molecule has 2 amide bonds. The third kappa shape index (κ3) is 4.45. The van der Waals surface area contributed by atoms with Crippen LogP contribution in [0.2, 0.25) is 0 Å². The molecule has 0 aromatic carbocycles. The molecule has 0 spiro atoms. The Morgan fingerprint density at radius 1 is 1.06 bits per heavy atom. The number of urea groups is 1. The highest BCUT2D eigenvalue weighted by molar-refractivity contribution is 7.81. The maximum atomic E-state index is 11.9. The van der Waals surface area contributed by atoms with Gasteiger partial charge < -0.3 is 9.80 Å². The fourth-order valence-corrected chi connectivity index (χ4v) is 1.96. The molecule has 1 rings (SSSR count). The van der Waals surface area contributed by atoms with Gasteiger partial charge in [-0.15, -0.1) is 0 Å². The second kappa shape index (κ2) is 6.64. The van der Waals surface area contributed by atoms with Crippen molar-refractivity contribution in [2.45, 2.75) is 37.2 Å². The van der Waals surface area contributed by atoms with E-state index in [1.807, 2.05) is 9.80 Å². The largest absolute Gasteiger partial charge is 0.323 e. The van der Waals surface area contributed by atoms with Gasteiger partial charge in [-0.3, -0.25) is 0 Å². The van der Waals surface area contributed by atoms with Crippen LogP contribution in [0.5, 0.6) is 0 Å². The van der Waals surface area contributed by atoms with Gasteiger partial charge in [0.15, 0.2) is 0 Å². The van der Waals surface area contributed by atoms with E-state index < -0.39 is 0 Å². The van der Waals surface area contributed by atoms with Gasteiger partial charge in [0, 0.05) is 36.7 Å². The average molecular weight is 262 g/mol. The maximum absolute atomic E-state index is 11.9. The number of carbonyl (C=O) groups excluding carboxylic acids is 1. The number of hydrogen-bond acceptors (Lipinski definition) is 3. The summed E-state index contributed by atoms with van der Waals surface area (Å²) in [5, 5.41) is 0.721. The fourth-order valence-electron chi connectivity index (χ4n) is 1.73. The predicted molar refractivity (Wildman–Crippen MR) is 74.7 cm³/mol. The first-order chi connectivity index (χ1) is 7.50. The van der Waals surface area contributed by atoms with Crippen molar-refractivity contribution in [1.29, 1.82) is 0 Å². The molecule has 0 bridgehead atoms. The zero-order valence-electron chi connectivity index (χ0n) is 10.1.